The zero-order valence-corrected chi connectivity index (χ0v) is 32.5. The zero-order chi connectivity index (χ0) is 44.3. The molecule has 4 aliphatic heterocycles. The summed E-state index contributed by atoms with van der Waals surface area (Å²) in [6.07, 6.45) is -44.1. The summed E-state index contributed by atoms with van der Waals surface area (Å²) in [5, 5.41) is 178. The first-order chi connectivity index (χ1) is 27.6. The Morgan fingerprint density at radius 3 is 1.14 bits per heavy atom. The van der Waals surface area contributed by atoms with Crippen LogP contribution in [0.15, 0.2) is 0 Å². The van der Waals surface area contributed by atoms with Gasteiger partial charge < -0.3 is 125 Å². The van der Waals surface area contributed by atoms with Crippen LogP contribution in [0.4, 0.5) is 0 Å². The van der Waals surface area contributed by atoms with E-state index in [0.29, 0.717) is 0 Å². The summed E-state index contributed by atoms with van der Waals surface area (Å²) >= 11 is 0. The lowest BCUT2D eigenvalue weighted by atomic mass is 9.86. The van der Waals surface area contributed by atoms with E-state index in [2.05, 4.69) is 0 Å². The van der Waals surface area contributed by atoms with Crippen LogP contribution in [0, 0.1) is 5.41 Å². The minimum Gasteiger partial charge on any atom is -0.394 e. The van der Waals surface area contributed by atoms with Crippen LogP contribution in [0.1, 0.15) is 27.2 Å². The predicted octanol–water partition coefficient (Wildman–Crippen LogP) is -9.84. The van der Waals surface area contributed by atoms with Crippen LogP contribution < -0.4 is 0 Å². The largest absolute Gasteiger partial charge is 0.394 e. The standard InChI is InChI=1S/C34H62O25/c1-34(2,3)4-10(40)16(42)26(11(41)5-35)56-31-23(49)19(45)28(13(7-37)53-31)58-33-25(51)21(47)29(15(9-39)55-33)59-32-24(50)20(46)27(14(8-38)54-32)57-30-22(48)18(44)17(43)12(6-36)52-30/h10-33,35-51H,4-9H2,1-3H3/t10-,11+,12+,13+,14+,15+,16+,17+,18-,19+,20+,21+,22+,23+,24+,25+,26+,27+,28+,29+,30-,31-,32-,33-/m0/s1. The van der Waals surface area contributed by atoms with E-state index in [1.54, 1.807) is 20.8 Å². The van der Waals surface area contributed by atoms with Crippen LogP contribution in [0.25, 0.3) is 0 Å². The third-order valence-corrected chi connectivity index (χ3v) is 10.6. The molecule has 0 aromatic carbocycles. The van der Waals surface area contributed by atoms with Gasteiger partial charge in [-0.3, -0.25) is 0 Å². The van der Waals surface area contributed by atoms with Gasteiger partial charge in [0, 0.05) is 0 Å². The van der Waals surface area contributed by atoms with E-state index in [4.69, 9.17) is 37.9 Å². The monoisotopic (exact) mass is 870 g/mol. The molecule has 0 amide bonds. The van der Waals surface area contributed by atoms with Crippen LogP contribution in [-0.4, -0.2) is 267 Å². The maximum Gasteiger partial charge on any atom is 0.187 e. The van der Waals surface area contributed by atoms with Crippen molar-refractivity contribution in [1.82, 2.24) is 0 Å². The molecule has 4 saturated heterocycles. The molecular formula is C34H62O25. The van der Waals surface area contributed by atoms with Crippen molar-refractivity contribution < 1.29 is 125 Å². The molecule has 348 valence electrons. The van der Waals surface area contributed by atoms with Crippen LogP contribution in [0.2, 0.25) is 0 Å². The molecule has 4 heterocycles. The molecule has 0 bridgehead atoms. The number of hydrogen-bond acceptors (Lipinski definition) is 25. The van der Waals surface area contributed by atoms with Gasteiger partial charge in [-0.1, -0.05) is 20.8 Å². The fourth-order valence-corrected chi connectivity index (χ4v) is 7.27. The van der Waals surface area contributed by atoms with Gasteiger partial charge in [0.05, 0.1) is 39.1 Å². The van der Waals surface area contributed by atoms with Crippen LogP contribution in [0.5, 0.6) is 0 Å². The Bertz CT molecular complexity index is 1240. The quantitative estimate of drug-likeness (QED) is 0.0645. The van der Waals surface area contributed by atoms with E-state index in [-0.39, 0.29) is 6.42 Å². The summed E-state index contributed by atoms with van der Waals surface area (Å²) in [6.45, 7) is 0.649. The van der Waals surface area contributed by atoms with Crippen LogP contribution in [0.3, 0.4) is 0 Å². The molecule has 0 aliphatic carbocycles. The minimum atomic E-state index is -2.12. The molecule has 0 saturated carbocycles. The number of rotatable bonds is 17. The Labute approximate surface area is 337 Å². The second kappa shape index (κ2) is 21.6. The lowest BCUT2D eigenvalue weighted by Crippen LogP contribution is -2.67. The maximum atomic E-state index is 11.1. The molecule has 24 atom stereocenters. The molecule has 0 radical (unpaired) electrons. The number of aliphatic hydroxyl groups is 17. The van der Waals surface area contributed by atoms with Gasteiger partial charge in [-0.15, -0.1) is 0 Å². The smallest absolute Gasteiger partial charge is 0.187 e. The number of hydrogen-bond donors (Lipinski definition) is 17. The summed E-state index contributed by atoms with van der Waals surface area (Å²) in [7, 11) is 0. The van der Waals surface area contributed by atoms with Gasteiger partial charge in [-0.2, -0.15) is 0 Å². The summed E-state index contributed by atoms with van der Waals surface area (Å²) < 4.78 is 44.3. The van der Waals surface area contributed by atoms with E-state index in [9.17, 15) is 86.8 Å². The summed E-state index contributed by atoms with van der Waals surface area (Å²) in [5.74, 6) is 0. The summed E-state index contributed by atoms with van der Waals surface area (Å²) in [5.41, 5.74) is -0.503. The summed E-state index contributed by atoms with van der Waals surface area (Å²) in [6, 6.07) is 0. The molecular weight excluding hydrogens is 808 g/mol. The lowest BCUT2D eigenvalue weighted by Gasteiger charge is -2.49. The normalized spacial score (nSPS) is 45.8. The Kier molecular flexibility index (Phi) is 18.5. The lowest BCUT2D eigenvalue weighted by molar-refractivity contribution is -0.390. The van der Waals surface area contributed by atoms with Crippen molar-refractivity contribution in [2.75, 3.05) is 33.0 Å². The van der Waals surface area contributed by atoms with Gasteiger partial charge in [0.15, 0.2) is 25.2 Å². The predicted molar refractivity (Wildman–Crippen MR) is 186 cm³/mol. The van der Waals surface area contributed by atoms with Gasteiger partial charge in [-0.05, 0) is 11.8 Å². The maximum absolute atomic E-state index is 11.1. The molecule has 4 aliphatic rings. The van der Waals surface area contributed by atoms with Gasteiger partial charge in [-0.25, -0.2) is 0 Å². The molecule has 0 spiro atoms. The molecule has 0 unspecified atom stereocenters. The highest BCUT2D eigenvalue weighted by atomic mass is 16.8. The van der Waals surface area contributed by atoms with Gasteiger partial charge >= 0.3 is 0 Å². The third-order valence-electron chi connectivity index (χ3n) is 10.6. The fraction of sp³-hybridized carbons (Fsp3) is 1.00. The van der Waals surface area contributed by atoms with E-state index in [1.807, 2.05) is 0 Å². The van der Waals surface area contributed by atoms with Crippen molar-refractivity contribution >= 4 is 0 Å². The average molecular weight is 871 g/mol. The first-order valence-corrected chi connectivity index (χ1v) is 19.1. The van der Waals surface area contributed by atoms with Crippen molar-refractivity contribution in [3.63, 3.8) is 0 Å². The van der Waals surface area contributed by atoms with Crippen molar-refractivity contribution in [2.45, 2.75) is 174 Å². The Morgan fingerprint density at radius 1 is 0.441 bits per heavy atom. The van der Waals surface area contributed by atoms with Crippen molar-refractivity contribution in [1.29, 1.82) is 0 Å². The van der Waals surface area contributed by atoms with Crippen molar-refractivity contribution in [3.05, 3.63) is 0 Å². The molecule has 17 N–H and O–H groups in total. The molecule has 59 heavy (non-hydrogen) atoms. The minimum absolute atomic E-state index is 0.0116. The molecule has 4 fully saturated rings. The summed E-state index contributed by atoms with van der Waals surface area (Å²) in [4.78, 5) is 0. The van der Waals surface area contributed by atoms with E-state index in [1.165, 1.54) is 0 Å². The van der Waals surface area contributed by atoms with Crippen LogP contribution in [-0.2, 0) is 37.9 Å². The molecule has 0 aromatic rings. The zero-order valence-electron chi connectivity index (χ0n) is 32.5. The van der Waals surface area contributed by atoms with Gasteiger partial charge in [0.1, 0.15) is 116 Å². The fourth-order valence-electron chi connectivity index (χ4n) is 7.27. The van der Waals surface area contributed by atoms with E-state index in [0.717, 1.165) is 0 Å². The first kappa shape index (κ1) is 50.6. The van der Waals surface area contributed by atoms with E-state index < -0.39 is 186 Å². The highest BCUT2D eigenvalue weighted by Crippen LogP contribution is 2.35. The highest BCUT2D eigenvalue weighted by molar-refractivity contribution is 4.98. The van der Waals surface area contributed by atoms with E-state index >= 15 is 0 Å². The van der Waals surface area contributed by atoms with Crippen molar-refractivity contribution in [2.24, 2.45) is 5.41 Å². The molecule has 25 heteroatoms. The first-order valence-electron chi connectivity index (χ1n) is 19.1. The molecule has 0 aromatic heterocycles. The molecule has 4 rings (SSSR count). The second-order valence-corrected chi connectivity index (χ2v) is 16.3. The Morgan fingerprint density at radius 2 is 0.780 bits per heavy atom. The van der Waals surface area contributed by atoms with Gasteiger partial charge in [0.25, 0.3) is 0 Å². The SMILES string of the molecule is CC(C)(C)C[C@H](O)[C@@H](O)[C@H](O[C@@H]1O[C@H](CO)[C@@H](O[C@@H]2O[C@H](CO)[C@@H](O[C@@H]3O[C@H](CO)[C@@H](O[C@@H]4O[C@H](CO)[C@@H](O)[C@H](O)[C@H]4O)[C@H](O)[C@H]3O)[C@H](O)[C@H]2O)[C@H](O)[C@H]1O)[C@H](O)CO. The molecule has 25 nitrogen and oxygen atoms in total. The van der Waals surface area contributed by atoms with Gasteiger partial charge in [0.2, 0.25) is 0 Å². The van der Waals surface area contributed by atoms with Crippen molar-refractivity contribution in [3.8, 4) is 0 Å². The average Bonchev–Trinajstić information content (AvgIpc) is 3.20. The van der Waals surface area contributed by atoms with Crippen LogP contribution >= 0.6 is 0 Å². The second-order valence-electron chi connectivity index (χ2n) is 16.3. The number of aliphatic hydroxyl groups excluding tert-OH is 17. The third kappa shape index (κ3) is 11.6. The Hall–Kier alpha value is -1.00. The number of ether oxygens (including phenoxy) is 8. The highest BCUT2D eigenvalue weighted by Gasteiger charge is 2.55. The topological polar surface area (TPSA) is 418 Å². The Balaban J connectivity index is 1.43.